The van der Waals surface area contributed by atoms with Crippen molar-refractivity contribution in [3.05, 3.63) is 28.7 Å². The lowest BCUT2D eigenvalue weighted by molar-refractivity contribution is 0.745. The minimum absolute atomic E-state index is 0.518. The summed E-state index contributed by atoms with van der Waals surface area (Å²) in [6.45, 7) is 0. The summed E-state index contributed by atoms with van der Waals surface area (Å²) in [7, 11) is 0. The lowest BCUT2D eigenvalue weighted by atomic mass is 10.2. The third kappa shape index (κ3) is 1.65. The lowest BCUT2D eigenvalue weighted by Crippen LogP contribution is -1.92. The molecule has 0 N–H and O–H groups in total. The Morgan fingerprint density at radius 3 is 2.93 bits per heavy atom. The highest BCUT2D eigenvalue weighted by atomic mass is 79.9. The zero-order valence-electron chi connectivity index (χ0n) is 7.05. The second-order valence-corrected chi connectivity index (χ2v) is 3.46. The van der Waals surface area contributed by atoms with Gasteiger partial charge in [0.15, 0.2) is 0 Å². The summed E-state index contributed by atoms with van der Waals surface area (Å²) in [5.74, 6) is 0.518. The molecule has 1 heterocycles. The van der Waals surface area contributed by atoms with Gasteiger partial charge < -0.3 is 0 Å². The fraction of sp³-hybridized carbons (Fsp3) is 0. The second kappa shape index (κ2) is 3.60. The van der Waals surface area contributed by atoms with Crippen LogP contribution in [0.5, 0.6) is 0 Å². The maximum absolute atomic E-state index is 5.11. The highest BCUT2D eigenvalue weighted by Crippen LogP contribution is 2.18. The number of halogens is 1. The summed E-state index contributed by atoms with van der Waals surface area (Å²) in [4.78, 5) is 1.09. The molecule has 0 unspecified atom stereocenters. The third-order valence-corrected chi connectivity index (χ3v) is 2.11. The number of rotatable bonds is 1. The third-order valence-electron chi connectivity index (χ3n) is 1.61. The normalized spacial score (nSPS) is 9.71. The van der Waals surface area contributed by atoms with Gasteiger partial charge in [-0.2, -0.15) is 0 Å². The van der Waals surface area contributed by atoms with E-state index in [1.54, 1.807) is 0 Å². The zero-order valence-corrected chi connectivity index (χ0v) is 8.64. The van der Waals surface area contributed by atoms with E-state index in [9.17, 15) is 0 Å². The first-order valence-electron chi connectivity index (χ1n) is 3.82. The van der Waals surface area contributed by atoms with E-state index in [-0.39, 0.29) is 0 Å². The predicted octanol–water partition coefficient (Wildman–Crippen LogP) is 1.54. The van der Waals surface area contributed by atoms with Crippen molar-refractivity contribution < 1.29 is 0 Å². The van der Waals surface area contributed by atoms with Crippen LogP contribution in [0.25, 0.3) is 11.4 Å². The fourth-order valence-corrected chi connectivity index (χ4v) is 1.41. The van der Waals surface area contributed by atoms with Gasteiger partial charge in [-0.1, -0.05) is 39.3 Å². The van der Waals surface area contributed by atoms with E-state index in [0.717, 1.165) is 14.8 Å². The minimum Gasteiger partial charge on any atom is -0.118 e. The van der Waals surface area contributed by atoms with Crippen molar-refractivity contribution in [1.82, 2.24) is 20.2 Å². The van der Waals surface area contributed by atoms with Crippen LogP contribution >= 0.6 is 15.9 Å². The van der Waals surface area contributed by atoms with E-state index in [0.29, 0.717) is 5.82 Å². The van der Waals surface area contributed by atoms with Gasteiger partial charge in [-0.15, -0.1) is 10.2 Å². The van der Waals surface area contributed by atoms with Crippen molar-refractivity contribution in [1.29, 1.82) is 0 Å². The van der Waals surface area contributed by atoms with Crippen LogP contribution in [-0.2, 0) is 0 Å². The van der Waals surface area contributed by atoms with Gasteiger partial charge in [0, 0.05) is 10.0 Å². The molecule has 2 rings (SSSR count). The molecule has 0 aliphatic rings. The molecular weight excluding hydrogens is 244 g/mol. The van der Waals surface area contributed by atoms with Gasteiger partial charge in [0.05, 0.1) is 6.04 Å². The Morgan fingerprint density at radius 1 is 1.43 bits per heavy atom. The molecule has 0 aliphatic carbocycles. The van der Waals surface area contributed by atoms with Gasteiger partial charge in [-0.05, 0) is 17.3 Å². The predicted molar refractivity (Wildman–Crippen MR) is 55.2 cm³/mol. The monoisotopic (exact) mass is 248 g/mol. The van der Waals surface area contributed by atoms with Crippen LogP contribution in [0.2, 0.25) is 0 Å². The Balaban J connectivity index is 2.45. The summed E-state index contributed by atoms with van der Waals surface area (Å²) in [6, 6.07) is 9.87. The van der Waals surface area contributed by atoms with Crippen LogP contribution in [0.15, 0.2) is 28.7 Å². The standard InChI is InChI=1S/C9H5BrN4/c1-2-14-12-9(11-13-14)7-4-3-5-8(10)6-7/h1,3-6H. The number of hydrogen-bond donors (Lipinski definition) is 0. The molecule has 5 heteroatoms. The summed E-state index contributed by atoms with van der Waals surface area (Å²) < 4.78 is 0.965. The molecule has 0 saturated heterocycles. The number of tetrazole rings is 1. The van der Waals surface area contributed by atoms with Crippen LogP contribution in [0.4, 0.5) is 0 Å². The molecule has 68 valence electrons. The maximum atomic E-state index is 5.11. The second-order valence-electron chi connectivity index (χ2n) is 2.54. The van der Waals surface area contributed by atoms with E-state index in [1.165, 1.54) is 0 Å². The molecule has 0 atom stereocenters. The lowest BCUT2D eigenvalue weighted by Gasteiger charge is -1.93. The Bertz CT molecular complexity index is 498. The van der Waals surface area contributed by atoms with Crippen molar-refractivity contribution in [3.63, 3.8) is 0 Å². The van der Waals surface area contributed by atoms with E-state index in [4.69, 9.17) is 6.42 Å². The number of benzene rings is 1. The van der Waals surface area contributed by atoms with Gasteiger partial charge in [0.2, 0.25) is 5.82 Å². The Hall–Kier alpha value is -1.67. The van der Waals surface area contributed by atoms with E-state index >= 15 is 0 Å². The molecule has 0 aliphatic heterocycles. The fourth-order valence-electron chi connectivity index (χ4n) is 1.01. The van der Waals surface area contributed by atoms with Crippen LogP contribution in [-0.4, -0.2) is 20.2 Å². The van der Waals surface area contributed by atoms with E-state index in [1.807, 2.05) is 24.3 Å². The van der Waals surface area contributed by atoms with Gasteiger partial charge in [0.1, 0.15) is 0 Å². The molecule has 1 aromatic heterocycles. The number of nitrogens with zero attached hydrogens (tertiary/aromatic N) is 4. The number of aromatic nitrogens is 4. The molecule has 1 aromatic carbocycles. The molecule has 0 amide bonds. The molecule has 0 spiro atoms. The summed E-state index contributed by atoms with van der Waals surface area (Å²) in [5.41, 5.74) is 0.876. The first kappa shape index (κ1) is 8.91. The quantitative estimate of drug-likeness (QED) is 0.720. The highest BCUT2D eigenvalue weighted by Gasteiger charge is 2.04. The smallest absolute Gasteiger partial charge is 0.118 e. The van der Waals surface area contributed by atoms with Gasteiger partial charge >= 0.3 is 0 Å². The molecule has 0 saturated carbocycles. The molecule has 0 bridgehead atoms. The average Bonchev–Trinajstić information content (AvgIpc) is 2.66. The average molecular weight is 249 g/mol. The van der Waals surface area contributed by atoms with Crippen molar-refractivity contribution in [2.75, 3.05) is 0 Å². The van der Waals surface area contributed by atoms with Crippen molar-refractivity contribution in [2.45, 2.75) is 0 Å². The molecule has 14 heavy (non-hydrogen) atoms. The van der Waals surface area contributed by atoms with Gasteiger partial charge in [-0.3, -0.25) is 0 Å². The summed E-state index contributed by atoms with van der Waals surface area (Å²) in [5, 5.41) is 11.5. The molecular formula is C9H5BrN4. The van der Waals surface area contributed by atoms with Crippen LogP contribution < -0.4 is 0 Å². The number of hydrogen-bond acceptors (Lipinski definition) is 3. The van der Waals surface area contributed by atoms with Gasteiger partial charge in [-0.25, -0.2) is 0 Å². The molecule has 0 radical (unpaired) electrons. The number of terminal acetylenes is 1. The summed E-state index contributed by atoms with van der Waals surface area (Å²) >= 11 is 3.36. The van der Waals surface area contributed by atoms with Crippen molar-refractivity contribution in [3.8, 4) is 23.9 Å². The maximum Gasteiger partial charge on any atom is 0.206 e. The molecule has 2 aromatic rings. The first-order chi connectivity index (χ1) is 6.79. The molecule has 0 fully saturated rings. The van der Waals surface area contributed by atoms with Crippen LogP contribution in [0.1, 0.15) is 0 Å². The zero-order chi connectivity index (χ0) is 9.97. The summed E-state index contributed by atoms with van der Waals surface area (Å²) in [6.07, 6.45) is 5.11. The van der Waals surface area contributed by atoms with Crippen molar-refractivity contribution >= 4 is 15.9 Å². The first-order valence-corrected chi connectivity index (χ1v) is 4.61. The topological polar surface area (TPSA) is 43.6 Å². The van der Waals surface area contributed by atoms with Crippen LogP contribution in [0, 0.1) is 12.5 Å². The Morgan fingerprint density at radius 2 is 2.29 bits per heavy atom. The Labute approximate surface area is 89.1 Å². The van der Waals surface area contributed by atoms with E-state index in [2.05, 4.69) is 37.4 Å². The highest BCUT2D eigenvalue weighted by molar-refractivity contribution is 9.10. The SMILES string of the molecule is C#Cn1nnc(-c2cccc(Br)c2)n1. The largest absolute Gasteiger partial charge is 0.206 e. The minimum atomic E-state index is 0.518. The Kier molecular flexibility index (Phi) is 2.29. The molecule has 4 nitrogen and oxygen atoms in total. The van der Waals surface area contributed by atoms with Gasteiger partial charge in [0.25, 0.3) is 0 Å². The van der Waals surface area contributed by atoms with Crippen molar-refractivity contribution in [2.24, 2.45) is 0 Å². The van der Waals surface area contributed by atoms with E-state index < -0.39 is 0 Å². The van der Waals surface area contributed by atoms with Crippen LogP contribution in [0.3, 0.4) is 0 Å².